The summed E-state index contributed by atoms with van der Waals surface area (Å²) in [4.78, 5) is 13.2. The SMILES string of the molecule is C=Cc1c(CC)sc2ccccc2c1=O. The Morgan fingerprint density at radius 2 is 2.13 bits per heavy atom. The van der Waals surface area contributed by atoms with Crippen molar-refractivity contribution in [3.05, 3.63) is 51.5 Å². The van der Waals surface area contributed by atoms with Gasteiger partial charge in [0.05, 0.1) is 0 Å². The summed E-state index contributed by atoms with van der Waals surface area (Å²) in [6.45, 7) is 5.78. The molecule has 0 fully saturated rings. The maximum atomic E-state index is 12.1. The summed E-state index contributed by atoms with van der Waals surface area (Å²) in [6, 6.07) is 7.73. The van der Waals surface area contributed by atoms with Crippen LogP contribution in [0, 0.1) is 0 Å². The second kappa shape index (κ2) is 3.99. The minimum Gasteiger partial charge on any atom is -0.289 e. The van der Waals surface area contributed by atoms with Crippen LogP contribution in [0.2, 0.25) is 0 Å². The molecule has 1 nitrogen and oxygen atoms in total. The van der Waals surface area contributed by atoms with Crippen LogP contribution in [-0.2, 0) is 6.42 Å². The van der Waals surface area contributed by atoms with Crippen molar-refractivity contribution in [1.29, 1.82) is 0 Å². The van der Waals surface area contributed by atoms with Gasteiger partial charge in [0.15, 0.2) is 5.43 Å². The van der Waals surface area contributed by atoms with Gasteiger partial charge in [0.25, 0.3) is 0 Å². The van der Waals surface area contributed by atoms with Crippen LogP contribution >= 0.6 is 11.3 Å². The van der Waals surface area contributed by atoms with Gasteiger partial charge in [0.1, 0.15) is 0 Å². The first-order valence-corrected chi connectivity index (χ1v) is 5.76. The zero-order valence-corrected chi connectivity index (χ0v) is 9.43. The van der Waals surface area contributed by atoms with Crippen molar-refractivity contribution < 1.29 is 0 Å². The first-order valence-electron chi connectivity index (χ1n) is 4.95. The molecule has 0 spiro atoms. The van der Waals surface area contributed by atoms with Gasteiger partial charge in [0, 0.05) is 20.5 Å². The number of hydrogen-bond donors (Lipinski definition) is 0. The van der Waals surface area contributed by atoms with Crippen LogP contribution in [0.3, 0.4) is 0 Å². The summed E-state index contributed by atoms with van der Waals surface area (Å²) in [5, 5.41) is 0.801. The van der Waals surface area contributed by atoms with E-state index in [9.17, 15) is 4.79 Å². The largest absolute Gasteiger partial charge is 0.289 e. The average Bonchev–Trinajstić information content (AvgIpc) is 2.29. The summed E-state index contributed by atoms with van der Waals surface area (Å²) in [6.07, 6.45) is 2.55. The van der Waals surface area contributed by atoms with E-state index in [0.29, 0.717) is 0 Å². The van der Waals surface area contributed by atoms with E-state index >= 15 is 0 Å². The van der Waals surface area contributed by atoms with Crippen LogP contribution < -0.4 is 5.43 Å². The molecule has 0 aliphatic rings. The number of hydrogen-bond acceptors (Lipinski definition) is 2. The van der Waals surface area contributed by atoms with E-state index in [2.05, 4.69) is 13.5 Å². The number of aryl methyl sites for hydroxylation is 1. The van der Waals surface area contributed by atoms with E-state index in [-0.39, 0.29) is 5.43 Å². The van der Waals surface area contributed by atoms with Gasteiger partial charge in [-0.05, 0) is 18.6 Å². The highest BCUT2D eigenvalue weighted by Gasteiger charge is 2.07. The van der Waals surface area contributed by atoms with Crippen molar-refractivity contribution >= 4 is 27.5 Å². The molecule has 0 aliphatic carbocycles. The lowest BCUT2D eigenvalue weighted by atomic mass is 10.1. The third-order valence-corrected chi connectivity index (χ3v) is 3.77. The second-order valence-electron chi connectivity index (χ2n) is 3.32. The number of fused-ring (bicyclic) bond motifs is 1. The lowest BCUT2D eigenvalue weighted by Crippen LogP contribution is -2.07. The normalized spacial score (nSPS) is 10.5. The highest BCUT2D eigenvalue weighted by molar-refractivity contribution is 7.18. The smallest absolute Gasteiger partial charge is 0.195 e. The van der Waals surface area contributed by atoms with Crippen LogP contribution in [0.15, 0.2) is 35.6 Å². The average molecular weight is 216 g/mol. The van der Waals surface area contributed by atoms with Crippen molar-refractivity contribution in [3.63, 3.8) is 0 Å². The Morgan fingerprint density at radius 1 is 1.40 bits per heavy atom. The molecule has 1 aromatic heterocycles. The van der Waals surface area contributed by atoms with Crippen molar-refractivity contribution in [2.75, 3.05) is 0 Å². The molecule has 15 heavy (non-hydrogen) atoms. The van der Waals surface area contributed by atoms with Crippen molar-refractivity contribution in [1.82, 2.24) is 0 Å². The molecule has 0 atom stereocenters. The molecule has 2 rings (SSSR count). The highest BCUT2D eigenvalue weighted by Crippen LogP contribution is 2.22. The minimum atomic E-state index is 0.108. The van der Waals surface area contributed by atoms with Gasteiger partial charge in [-0.3, -0.25) is 4.79 Å². The van der Waals surface area contributed by atoms with Crippen molar-refractivity contribution in [2.24, 2.45) is 0 Å². The maximum absolute atomic E-state index is 12.1. The molecular weight excluding hydrogens is 204 g/mol. The molecule has 0 bridgehead atoms. The van der Waals surface area contributed by atoms with Gasteiger partial charge in [0.2, 0.25) is 0 Å². The molecule has 2 heteroatoms. The molecule has 76 valence electrons. The predicted molar refractivity (Wildman–Crippen MR) is 67.6 cm³/mol. The number of rotatable bonds is 2. The molecule has 0 saturated carbocycles. The van der Waals surface area contributed by atoms with Gasteiger partial charge in [-0.25, -0.2) is 0 Å². The van der Waals surface area contributed by atoms with Gasteiger partial charge in [-0.15, -0.1) is 11.3 Å². The van der Waals surface area contributed by atoms with Gasteiger partial charge < -0.3 is 0 Å². The monoisotopic (exact) mass is 216 g/mol. The van der Waals surface area contributed by atoms with Crippen molar-refractivity contribution in [2.45, 2.75) is 13.3 Å². The van der Waals surface area contributed by atoms with Gasteiger partial charge in [-0.2, -0.15) is 0 Å². The Kier molecular flexibility index (Phi) is 2.69. The fourth-order valence-electron chi connectivity index (χ4n) is 1.67. The molecule has 0 N–H and O–H groups in total. The Hall–Kier alpha value is -1.41. The quantitative estimate of drug-likeness (QED) is 0.751. The van der Waals surface area contributed by atoms with Gasteiger partial charge >= 0.3 is 0 Å². The topological polar surface area (TPSA) is 17.1 Å². The van der Waals surface area contributed by atoms with Crippen molar-refractivity contribution in [3.8, 4) is 0 Å². The van der Waals surface area contributed by atoms with E-state index in [1.807, 2.05) is 24.3 Å². The zero-order valence-electron chi connectivity index (χ0n) is 8.62. The summed E-state index contributed by atoms with van der Waals surface area (Å²) < 4.78 is 1.06. The molecule has 0 unspecified atom stereocenters. The third-order valence-electron chi connectivity index (χ3n) is 2.44. The lowest BCUT2D eigenvalue weighted by molar-refractivity contribution is 1.17. The molecule has 0 amide bonds. The van der Waals surface area contributed by atoms with Gasteiger partial charge in [-0.1, -0.05) is 31.7 Å². The fraction of sp³-hybridized carbons (Fsp3) is 0.154. The summed E-state index contributed by atoms with van der Waals surface area (Å²) >= 11 is 1.68. The van der Waals surface area contributed by atoms with Crippen LogP contribution in [0.5, 0.6) is 0 Å². The molecular formula is C13H12OS. The summed E-state index contributed by atoms with van der Waals surface area (Å²) in [5.41, 5.74) is 0.873. The summed E-state index contributed by atoms with van der Waals surface area (Å²) in [5.74, 6) is 0. The van der Waals surface area contributed by atoms with Crippen LogP contribution in [0.25, 0.3) is 16.2 Å². The van der Waals surface area contributed by atoms with Crippen LogP contribution in [-0.4, -0.2) is 0 Å². The minimum absolute atomic E-state index is 0.108. The van der Waals surface area contributed by atoms with E-state index in [1.54, 1.807) is 17.4 Å². The van der Waals surface area contributed by atoms with E-state index in [4.69, 9.17) is 0 Å². The van der Waals surface area contributed by atoms with Crippen LogP contribution in [0.1, 0.15) is 17.4 Å². The van der Waals surface area contributed by atoms with E-state index in [0.717, 1.165) is 26.9 Å². The predicted octanol–water partition coefficient (Wildman–Crippen LogP) is 3.47. The lowest BCUT2D eigenvalue weighted by Gasteiger charge is -2.03. The Bertz CT molecular complexity index is 566. The van der Waals surface area contributed by atoms with E-state index < -0.39 is 0 Å². The maximum Gasteiger partial charge on any atom is 0.195 e. The van der Waals surface area contributed by atoms with E-state index in [1.165, 1.54) is 0 Å². The molecule has 2 aromatic rings. The Morgan fingerprint density at radius 3 is 2.80 bits per heavy atom. The molecule has 0 radical (unpaired) electrons. The Balaban J connectivity index is 2.94. The molecule has 0 aliphatic heterocycles. The Labute approximate surface area is 92.7 Å². The second-order valence-corrected chi connectivity index (χ2v) is 4.46. The molecule has 0 saturated heterocycles. The first kappa shape index (κ1) is 10.1. The standard InChI is InChI=1S/C13H12OS/c1-3-9-11(4-2)15-12-8-6-5-7-10(12)13(9)14/h3,5-8H,1,4H2,2H3. The third kappa shape index (κ3) is 1.61. The zero-order chi connectivity index (χ0) is 10.8. The highest BCUT2D eigenvalue weighted by atomic mass is 32.1. The first-order chi connectivity index (χ1) is 7.27. The summed E-state index contributed by atoms with van der Waals surface area (Å²) in [7, 11) is 0. The number of benzene rings is 1. The van der Waals surface area contributed by atoms with Crippen LogP contribution in [0.4, 0.5) is 0 Å². The fourth-order valence-corrected chi connectivity index (χ4v) is 2.78. The molecule has 1 heterocycles. The molecule has 1 aromatic carbocycles.